The molecule has 0 aromatic carbocycles. The average Bonchev–Trinajstić information content (AvgIpc) is 2.59. The maximum Gasteiger partial charge on any atom is 0.491 e. The summed E-state index contributed by atoms with van der Waals surface area (Å²) in [6, 6.07) is 1.75. The lowest BCUT2D eigenvalue weighted by atomic mass is 9.77. The maximum atomic E-state index is 6.00. The van der Waals surface area contributed by atoms with Crippen LogP contribution >= 0.6 is 0 Å². The van der Waals surface area contributed by atoms with Crippen LogP contribution in [0.3, 0.4) is 0 Å². The van der Waals surface area contributed by atoms with Crippen LogP contribution in [0.5, 0.6) is 0 Å². The Bertz CT molecular complexity index is 556. The number of nitrogen functional groups attached to an aromatic ring is 2. The van der Waals surface area contributed by atoms with Gasteiger partial charge in [-0.25, -0.2) is 4.98 Å². The molecule has 0 saturated carbocycles. The van der Waals surface area contributed by atoms with E-state index in [0.717, 1.165) is 11.0 Å². The lowest BCUT2D eigenvalue weighted by Gasteiger charge is -2.32. The van der Waals surface area contributed by atoms with Gasteiger partial charge in [0, 0.05) is 12.7 Å². The third-order valence-corrected chi connectivity index (χ3v) is 4.11. The molecule has 1 saturated heterocycles. The van der Waals surface area contributed by atoms with Gasteiger partial charge < -0.3 is 26.5 Å². The summed E-state index contributed by atoms with van der Waals surface area (Å²) < 4.78 is 12.0. The van der Waals surface area contributed by atoms with E-state index in [9.17, 15) is 0 Å². The van der Waals surface area contributed by atoms with E-state index in [1.165, 1.54) is 0 Å². The first-order valence-corrected chi connectivity index (χ1v) is 6.93. The first-order valence-electron chi connectivity index (χ1n) is 6.93. The molecule has 1 aliphatic rings. The highest BCUT2D eigenvalue weighted by Gasteiger charge is 2.52. The Kier molecular flexibility index (Phi) is 4.01. The lowest BCUT2D eigenvalue weighted by molar-refractivity contribution is 0.00578. The summed E-state index contributed by atoms with van der Waals surface area (Å²) in [5, 5.41) is 0. The Morgan fingerprint density at radius 1 is 1.24 bits per heavy atom. The molecule has 1 aliphatic heterocycles. The van der Waals surface area contributed by atoms with Gasteiger partial charge in [0.15, 0.2) is 0 Å². The molecule has 2 rings (SSSR count). The molecule has 0 radical (unpaired) electrons. The number of pyridine rings is 1. The molecule has 0 atom stereocenters. The number of hydrogen-bond donors (Lipinski definition) is 3. The number of aromatic nitrogens is 1. The molecule has 0 aliphatic carbocycles. The summed E-state index contributed by atoms with van der Waals surface area (Å²) in [6.45, 7) is 8.34. The fourth-order valence-corrected chi connectivity index (χ4v) is 2.02. The molecular weight excluding hydrogens is 267 g/mol. The zero-order chi connectivity index (χ0) is 15.8. The summed E-state index contributed by atoms with van der Waals surface area (Å²) in [5.41, 5.74) is 18.5. The Morgan fingerprint density at radius 2 is 1.81 bits per heavy atom. The number of anilines is 2. The van der Waals surface area contributed by atoms with E-state index < -0.39 is 18.3 Å². The van der Waals surface area contributed by atoms with Crippen molar-refractivity contribution in [1.29, 1.82) is 0 Å². The van der Waals surface area contributed by atoms with Gasteiger partial charge in [0.25, 0.3) is 0 Å². The molecule has 1 fully saturated rings. The van der Waals surface area contributed by atoms with Crippen LogP contribution in [-0.2, 0) is 9.31 Å². The molecule has 6 nitrogen and oxygen atoms in total. The van der Waals surface area contributed by atoms with E-state index >= 15 is 0 Å². The topological polar surface area (TPSA) is 109 Å². The van der Waals surface area contributed by atoms with Crippen LogP contribution in [0.2, 0.25) is 0 Å². The Morgan fingerprint density at radius 3 is 2.29 bits per heavy atom. The van der Waals surface area contributed by atoms with Gasteiger partial charge in [-0.2, -0.15) is 0 Å². The van der Waals surface area contributed by atoms with Gasteiger partial charge >= 0.3 is 7.12 Å². The van der Waals surface area contributed by atoms with Crippen molar-refractivity contribution in [2.45, 2.75) is 38.9 Å². The maximum absolute atomic E-state index is 6.00. The molecular formula is C14H23BN4O2. The van der Waals surface area contributed by atoms with E-state index in [-0.39, 0.29) is 0 Å². The van der Waals surface area contributed by atoms with E-state index in [1.807, 2.05) is 33.8 Å². The van der Waals surface area contributed by atoms with E-state index in [2.05, 4.69) is 4.98 Å². The van der Waals surface area contributed by atoms with Crippen molar-refractivity contribution in [2.75, 3.05) is 18.0 Å². The molecule has 0 unspecified atom stereocenters. The summed E-state index contributed by atoms with van der Waals surface area (Å²) in [6.07, 6.45) is 3.53. The van der Waals surface area contributed by atoms with Gasteiger partial charge in [0.2, 0.25) is 0 Å². The van der Waals surface area contributed by atoms with Crippen molar-refractivity contribution in [3.05, 3.63) is 23.3 Å². The van der Waals surface area contributed by atoms with Gasteiger partial charge in [0.1, 0.15) is 5.82 Å². The largest absolute Gasteiger partial charge is 0.491 e. The fourth-order valence-electron chi connectivity index (χ4n) is 2.02. The number of nitrogens with two attached hydrogens (primary N) is 3. The Balaban J connectivity index is 2.28. The second-order valence-electron chi connectivity index (χ2n) is 6.25. The standard InChI is InChI=1S/C14H23BN4O2/c1-13(2)14(3,4)21-15(20-13)10(7-16)5-9-6-11(17)12(18)19-8-9/h5-6,8H,7,16-17H2,1-4H3,(H2,18,19). The minimum Gasteiger partial charge on any atom is -0.400 e. The predicted octanol–water partition coefficient (Wildman–Crippen LogP) is 1.22. The quantitative estimate of drug-likeness (QED) is 0.722. The monoisotopic (exact) mass is 290 g/mol. The number of rotatable bonds is 3. The molecule has 6 N–H and O–H groups in total. The van der Waals surface area contributed by atoms with Crippen LogP contribution in [0.1, 0.15) is 33.3 Å². The Labute approximate surface area is 125 Å². The minimum atomic E-state index is -0.473. The summed E-state index contributed by atoms with van der Waals surface area (Å²) >= 11 is 0. The van der Waals surface area contributed by atoms with E-state index in [0.29, 0.717) is 18.1 Å². The molecule has 21 heavy (non-hydrogen) atoms. The predicted molar refractivity (Wildman–Crippen MR) is 86.2 cm³/mol. The van der Waals surface area contributed by atoms with Crippen molar-refractivity contribution >= 4 is 24.7 Å². The van der Waals surface area contributed by atoms with Gasteiger partial charge in [-0.3, -0.25) is 0 Å². The molecule has 2 heterocycles. The minimum absolute atomic E-state index is 0.317. The SMILES string of the molecule is CC1(C)OB(C(=Cc2cnc(N)c(N)c2)CN)OC1(C)C. The summed E-state index contributed by atoms with van der Waals surface area (Å²) in [7, 11) is -0.473. The van der Waals surface area contributed by atoms with Gasteiger partial charge in [-0.05, 0) is 44.8 Å². The molecule has 7 heteroatoms. The van der Waals surface area contributed by atoms with Crippen LogP contribution < -0.4 is 17.2 Å². The van der Waals surface area contributed by atoms with Crippen LogP contribution in [0, 0.1) is 0 Å². The van der Waals surface area contributed by atoms with Crippen LogP contribution in [0.25, 0.3) is 6.08 Å². The van der Waals surface area contributed by atoms with Gasteiger partial charge in [0.05, 0.1) is 16.9 Å². The van der Waals surface area contributed by atoms with Crippen molar-refractivity contribution in [3.8, 4) is 0 Å². The highest BCUT2D eigenvalue weighted by molar-refractivity contribution is 6.55. The molecule has 1 aromatic rings. The molecule has 1 aromatic heterocycles. The molecule has 0 spiro atoms. The van der Waals surface area contributed by atoms with Gasteiger partial charge in [-0.15, -0.1) is 0 Å². The van der Waals surface area contributed by atoms with Crippen LogP contribution in [0.4, 0.5) is 11.5 Å². The van der Waals surface area contributed by atoms with Crippen molar-refractivity contribution in [1.82, 2.24) is 4.98 Å². The number of hydrogen-bond acceptors (Lipinski definition) is 6. The summed E-state index contributed by atoms with van der Waals surface area (Å²) in [4.78, 5) is 4.04. The van der Waals surface area contributed by atoms with Crippen molar-refractivity contribution < 1.29 is 9.31 Å². The zero-order valence-corrected chi connectivity index (χ0v) is 13.0. The zero-order valence-electron chi connectivity index (χ0n) is 13.0. The first-order chi connectivity index (χ1) is 9.66. The highest BCUT2D eigenvalue weighted by atomic mass is 16.7. The second-order valence-corrected chi connectivity index (χ2v) is 6.25. The summed E-state index contributed by atoms with van der Waals surface area (Å²) in [5.74, 6) is 0.317. The second kappa shape index (κ2) is 5.33. The molecule has 0 amide bonds. The first kappa shape index (κ1) is 15.8. The average molecular weight is 290 g/mol. The molecule has 0 bridgehead atoms. The van der Waals surface area contributed by atoms with Crippen molar-refractivity contribution in [3.63, 3.8) is 0 Å². The normalized spacial score (nSPS) is 20.8. The van der Waals surface area contributed by atoms with Crippen LogP contribution in [0.15, 0.2) is 17.7 Å². The van der Waals surface area contributed by atoms with Crippen molar-refractivity contribution in [2.24, 2.45) is 5.73 Å². The fraction of sp³-hybridized carbons (Fsp3) is 0.500. The highest BCUT2D eigenvalue weighted by Crippen LogP contribution is 2.38. The lowest BCUT2D eigenvalue weighted by Crippen LogP contribution is -2.41. The third-order valence-electron chi connectivity index (χ3n) is 4.11. The van der Waals surface area contributed by atoms with E-state index in [1.54, 1.807) is 12.3 Å². The van der Waals surface area contributed by atoms with Gasteiger partial charge in [-0.1, -0.05) is 6.08 Å². The van der Waals surface area contributed by atoms with Crippen LogP contribution in [-0.4, -0.2) is 29.8 Å². The smallest absolute Gasteiger partial charge is 0.400 e. The molecule has 114 valence electrons. The Hall–Kier alpha value is -1.57. The number of nitrogens with zero attached hydrogens (tertiary/aromatic N) is 1. The third kappa shape index (κ3) is 3.05. The van der Waals surface area contributed by atoms with E-state index in [4.69, 9.17) is 26.5 Å².